The number of methoxy groups -OCH3 is 2. The lowest BCUT2D eigenvalue weighted by Gasteiger charge is -2.33. The van der Waals surface area contributed by atoms with Crippen LogP contribution in [0.1, 0.15) is 51.5 Å². The van der Waals surface area contributed by atoms with Crippen molar-refractivity contribution in [2.24, 2.45) is 0 Å². The van der Waals surface area contributed by atoms with Gasteiger partial charge in [-0.15, -0.1) is 0 Å². The Bertz CT molecular complexity index is 1580. The Morgan fingerprint density at radius 3 is 2.20 bits per heavy atom. The Labute approximate surface area is 276 Å². The Hall–Kier alpha value is -3.96. The molecule has 12 heteroatoms. The lowest BCUT2D eigenvalue weighted by molar-refractivity contribution is -0.139. The molecule has 2 amide bonds. The molecule has 0 aliphatic heterocycles. The van der Waals surface area contributed by atoms with Gasteiger partial charge in [0.2, 0.25) is 11.8 Å². The van der Waals surface area contributed by atoms with Gasteiger partial charge in [0, 0.05) is 23.7 Å². The molecule has 248 valence electrons. The van der Waals surface area contributed by atoms with E-state index in [9.17, 15) is 18.0 Å². The van der Waals surface area contributed by atoms with E-state index >= 15 is 0 Å². The fourth-order valence-corrected chi connectivity index (χ4v) is 7.00. The van der Waals surface area contributed by atoms with Gasteiger partial charge in [0.25, 0.3) is 10.0 Å². The van der Waals surface area contributed by atoms with Crippen LogP contribution in [0.2, 0.25) is 5.02 Å². The maximum atomic E-state index is 14.3. The van der Waals surface area contributed by atoms with Crippen molar-refractivity contribution >= 4 is 39.1 Å². The number of benzene rings is 3. The molecule has 4 rings (SSSR count). The van der Waals surface area contributed by atoms with Gasteiger partial charge in [0.1, 0.15) is 18.3 Å². The number of rotatable bonds is 14. The van der Waals surface area contributed by atoms with Crippen LogP contribution in [0.15, 0.2) is 71.6 Å². The van der Waals surface area contributed by atoms with E-state index in [1.165, 1.54) is 37.3 Å². The second-order valence-electron chi connectivity index (χ2n) is 11.1. The first-order valence-corrected chi connectivity index (χ1v) is 17.2. The third-order valence-corrected chi connectivity index (χ3v) is 10.1. The second-order valence-corrected chi connectivity index (χ2v) is 13.4. The van der Waals surface area contributed by atoms with Gasteiger partial charge in [-0.05, 0) is 80.8 Å². The van der Waals surface area contributed by atoms with Crippen LogP contribution < -0.4 is 23.8 Å². The summed E-state index contributed by atoms with van der Waals surface area (Å²) in [7, 11) is -1.45. The van der Waals surface area contributed by atoms with Crippen LogP contribution in [0.3, 0.4) is 0 Å². The molecule has 1 aliphatic rings. The smallest absolute Gasteiger partial charge is 0.264 e. The number of anilines is 1. The zero-order chi connectivity index (χ0) is 33.3. The van der Waals surface area contributed by atoms with Crippen LogP contribution >= 0.6 is 11.6 Å². The van der Waals surface area contributed by atoms with Crippen LogP contribution in [0.4, 0.5) is 5.69 Å². The summed E-state index contributed by atoms with van der Waals surface area (Å²) >= 11 is 6.11. The SMILES string of the molecule is CCOc1ccc(N(CC(=O)N(Cc2ccc(Cl)cc2)C(C)C(=O)NC2CCCCC2)S(=O)(=O)c2ccc(OC)c(OC)c2)cc1. The van der Waals surface area contributed by atoms with Gasteiger partial charge in [-0.25, -0.2) is 8.42 Å². The number of carbonyl (C=O) groups is 2. The lowest BCUT2D eigenvalue weighted by Crippen LogP contribution is -2.53. The average molecular weight is 672 g/mol. The molecule has 1 atom stereocenters. The molecule has 46 heavy (non-hydrogen) atoms. The van der Waals surface area contributed by atoms with Crippen LogP contribution in [0.5, 0.6) is 17.2 Å². The third kappa shape index (κ3) is 8.64. The number of hydrogen-bond acceptors (Lipinski definition) is 7. The second kappa shape index (κ2) is 16.0. The summed E-state index contributed by atoms with van der Waals surface area (Å²) in [5, 5.41) is 3.64. The van der Waals surface area contributed by atoms with Crippen molar-refractivity contribution in [3.63, 3.8) is 0 Å². The maximum Gasteiger partial charge on any atom is 0.264 e. The van der Waals surface area contributed by atoms with E-state index in [2.05, 4.69) is 5.32 Å². The van der Waals surface area contributed by atoms with Gasteiger partial charge in [0.15, 0.2) is 11.5 Å². The van der Waals surface area contributed by atoms with Crippen LogP contribution in [-0.2, 0) is 26.2 Å². The molecule has 0 spiro atoms. The van der Waals surface area contributed by atoms with E-state index in [-0.39, 0.29) is 34.8 Å². The lowest BCUT2D eigenvalue weighted by atomic mass is 9.95. The van der Waals surface area contributed by atoms with E-state index in [0.717, 1.165) is 42.0 Å². The van der Waals surface area contributed by atoms with E-state index < -0.39 is 28.5 Å². The van der Waals surface area contributed by atoms with Crippen molar-refractivity contribution in [2.45, 2.75) is 69.5 Å². The standard InChI is InChI=1S/C34H42ClN3O7S/c1-5-45-29-17-15-28(16-18-29)38(46(41,42)30-19-20-31(43-3)32(21-30)44-4)23-33(39)37(22-25-11-13-26(35)14-12-25)24(2)34(40)36-27-9-7-6-8-10-27/h11-21,24,27H,5-10,22-23H2,1-4H3,(H,36,40). The van der Waals surface area contributed by atoms with E-state index in [0.29, 0.717) is 23.1 Å². The minimum Gasteiger partial charge on any atom is -0.494 e. The maximum absolute atomic E-state index is 14.3. The molecule has 10 nitrogen and oxygen atoms in total. The zero-order valence-corrected chi connectivity index (χ0v) is 28.3. The van der Waals surface area contributed by atoms with Crippen molar-refractivity contribution in [1.82, 2.24) is 10.2 Å². The van der Waals surface area contributed by atoms with Crippen molar-refractivity contribution in [3.05, 3.63) is 77.3 Å². The van der Waals surface area contributed by atoms with Crippen molar-refractivity contribution in [1.29, 1.82) is 0 Å². The van der Waals surface area contributed by atoms with Crippen molar-refractivity contribution in [3.8, 4) is 17.2 Å². The van der Waals surface area contributed by atoms with Gasteiger partial charge < -0.3 is 24.4 Å². The molecule has 1 N–H and O–H groups in total. The van der Waals surface area contributed by atoms with E-state index in [4.69, 9.17) is 25.8 Å². The largest absolute Gasteiger partial charge is 0.494 e. The molecule has 3 aromatic rings. The highest BCUT2D eigenvalue weighted by molar-refractivity contribution is 7.92. The fraction of sp³-hybridized carbons (Fsp3) is 0.412. The highest BCUT2D eigenvalue weighted by atomic mass is 35.5. The topological polar surface area (TPSA) is 114 Å². The molecule has 0 radical (unpaired) electrons. The average Bonchev–Trinajstić information content (AvgIpc) is 3.07. The summed E-state index contributed by atoms with van der Waals surface area (Å²) in [6.07, 6.45) is 4.99. The number of nitrogens with zero attached hydrogens (tertiary/aromatic N) is 2. The number of amides is 2. The molecule has 1 aliphatic carbocycles. The van der Waals surface area contributed by atoms with Crippen LogP contribution in [0.25, 0.3) is 0 Å². The number of halogens is 1. The Balaban J connectivity index is 1.71. The fourth-order valence-electron chi connectivity index (χ4n) is 5.45. The molecule has 1 fully saturated rings. The monoisotopic (exact) mass is 671 g/mol. The third-order valence-electron chi connectivity index (χ3n) is 8.04. The molecule has 0 saturated heterocycles. The first-order chi connectivity index (χ1) is 22.1. The number of carbonyl (C=O) groups excluding carboxylic acids is 2. The van der Waals surface area contributed by atoms with E-state index in [1.54, 1.807) is 55.5 Å². The highest BCUT2D eigenvalue weighted by Crippen LogP contribution is 2.33. The highest BCUT2D eigenvalue weighted by Gasteiger charge is 2.33. The summed E-state index contributed by atoms with van der Waals surface area (Å²) in [5.74, 6) is 0.290. The molecule has 1 unspecified atom stereocenters. The molecule has 0 bridgehead atoms. The normalized spacial score (nSPS) is 14.2. The Kier molecular flexibility index (Phi) is 12.2. The van der Waals surface area contributed by atoms with Crippen LogP contribution in [-0.4, -0.2) is 64.6 Å². The van der Waals surface area contributed by atoms with Gasteiger partial charge >= 0.3 is 0 Å². The first-order valence-electron chi connectivity index (χ1n) is 15.4. The van der Waals surface area contributed by atoms with Gasteiger partial charge in [0.05, 0.1) is 31.4 Å². The summed E-state index contributed by atoms with van der Waals surface area (Å²) in [5.41, 5.74) is 0.989. The Morgan fingerprint density at radius 1 is 0.935 bits per heavy atom. The summed E-state index contributed by atoms with van der Waals surface area (Å²) < 4.78 is 45.8. The first kappa shape index (κ1) is 34.9. The molecule has 1 saturated carbocycles. The summed E-state index contributed by atoms with van der Waals surface area (Å²) in [4.78, 5) is 29.1. The van der Waals surface area contributed by atoms with Gasteiger partial charge in [-0.3, -0.25) is 13.9 Å². The predicted molar refractivity (Wildman–Crippen MR) is 178 cm³/mol. The molecular formula is C34H42ClN3O7S. The molecule has 0 aromatic heterocycles. The summed E-state index contributed by atoms with van der Waals surface area (Å²) in [6, 6.07) is 16.8. The minimum atomic E-state index is -4.32. The van der Waals surface area contributed by atoms with Crippen LogP contribution in [0, 0.1) is 0 Å². The number of hydrogen-bond donors (Lipinski definition) is 1. The number of sulfonamides is 1. The molecular weight excluding hydrogens is 630 g/mol. The van der Waals surface area contributed by atoms with Crippen molar-refractivity contribution in [2.75, 3.05) is 31.7 Å². The number of ether oxygens (including phenoxy) is 3. The zero-order valence-electron chi connectivity index (χ0n) is 26.7. The van der Waals surface area contributed by atoms with Crippen molar-refractivity contribution < 1.29 is 32.2 Å². The Morgan fingerprint density at radius 2 is 1.59 bits per heavy atom. The minimum absolute atomic E-state index is 0.0435. The van der Waals surface area contributed by atoms with E-state index in [1.807, 2.05) is 6.92 Å². The number of nitrogens with one attached hydrogen (secondary N) is 1. The molecule has 0 heterocycles. The van der Waals surface area contributed by atoms with Gasteiger partial charge in [-0.1, -0.05) is 43.0 Å². The molecule has 3 aromatic carbocycles. The quantitative estimate of drug-likeness (QED) is 0.230. The van der Waals surface area contributed by atoms with Gasteiger partial charge in [-0.2, -0.15) is 0 Å². The predicted octanol–water partition coefficient (Wildman–Crippen LogP) is 5.82. The summed E-state index contributed by atoms with van der Waals surface area (Å²) in [6.45, 7) is 3.45.